The van der Waals surface area contributed by atoms with E-state index >= 15 is 0 Å². The van der Waals surface area contributed by atoms with Gasteiger partial charge in [-0.2, -0.15) is 0 Å². The molecule has 0 aliphatic carbocycles. The van der Waals surface area contributed by atoms with Crippen LogP contribution in [0.5, 0.6) is 0 Å². The van der Waals surface area contributed by atoms with Crippen LogP contribution in [0.15, 0.2) is 24.3 Å². The van der Waals surface area contributed by atoms with E-state index in [0.717, 1.165) is 18.2 Å². The summed E-state index contributed by atoms with van der Waals surface area (Å²) in [5.74, 6) is 0. The molecule has 1 aromatic carbocycles. The van der Waals surface area contributed by atoms with Crippen LogP contribution in [0.1, 0.15) is 73.4 Å². The second-order valence-electron chi connectivity index (χ2n) is 7.11. The standard InChI is InChI=1S/C14H24N2O3S2.4C2H5O.Ti/c1-6-13(15-20(17)14(2,3)4)11-7-9-12(10-8-11)16-21(5,18)19;4*1-2-3;/h7-10,13,15-16H,6H2,1-5H3;4*2H2,1H3;/q;4*-1;+4/t13-,20-;;;;;/m1...../s1. The van der Waals surface area contributed by atoms with Gasteiger partial charge < -0.3 is 20.4 Å². The van der Waals surface area contributed by atoms with Gasteiger partial charge in [0.05, 0.1) is 22.0 Å². The van der Waals surface area contributed by atoms with Crippen LogP contribution in [0, 0.1) is 0 Å². The molecule has 2 N–H and O–H groups in total. The van der Waals surface area contributed by atoms with Crippen LogP contribution >= 0.6 is 0 Å². The summed E-state index contributed by atoms with van der Waals surface area (Å²) >= 11 is 0. The van der Waals surface area contributed by atoms with Gasteiger partial charge in [0.15, 0.2) is 0 Å². The predicted octanol–water partition coefficient (Wildman–Crippen LogP) is 0.0249. The van der Waals surface area contributed by atoms with Gasteiger partial charge in [-0.05, 0) is 44.9 Å². The van der Waals surface area contributed by atoms with E-state index in [1.807, 2.05) is 39.8 Å². The molecule has 2 atom stereocenters. The average molecular weight is 561 g/mol. The van der Waals surface area contributed by atoms with Gasteiger partial charge in [0.2, 0.25) is 10.0 Å². The third-order valence-electron chi connectivity index (χ3n) is 2.83. The van der Waals surface area contributed by atoms with Crippen LogP contribution in [-0.4, -0.2) is 50.1 Å². The van der Waals surface area contributed by atoms with Crippen molar-refractivity contribution in [2.75, 3.05) is 37.4 Å². The molecule has 0 amide bonds. The first-order valence-electron chi connectivity index (χ1n) is 10.8. The van der Waals surface area contributed by atoms with Gasteiger partial charge in [-0.3, -0.25) is 4.72 Å². The molecule has 12 heteroatoms. The van der Waals surface area contributed by atoms with E-state index in [2.05, 4.69) is 9.44 Å². The minimum Gasteiger partial charge on any atom is -0.855 e. The molecule has 34 heavy (non-hydrogen) atoms. The largest absolute Gasteiger partial charge is 4.00 e. The fraction of sp³-hybridized carbons (Fsp3) is 0.727. The van der Waals surface area contributed by atoms with Crippen LogP contribution in [0.4, 0.5) is 5.69 Å². The Kier molecular flexibility index (Phi) is 35.0. The topological polar surface area (TPSA) is 168 Å². The maximum Gasteiger partial charge on any atom is 4.00 e. The number of nitrogens with one attached hydrogen (secondary N) is 2. The fourth-order valence-corrected chi connectivity index (χ4v) is 3.17. The summed E-state index contributed by atoms with van der Waals surface area (Å²) in [4.78, 5) is 0. The van der Waals surface area contributed by atoms with Gasteiger partial charge in [-0.1, -0.05) is 46.8 Å². The molecule has 0 aliphatic heterocycles. The van der Waals surface area contributed by atoms with Gasteiger partial charge in [0, 0.05) is 11.7 Å². The number of anilines is 1. The Morgan fingerprint density at radius 1 is 0.853 bits per heavy atom. The molecule has 0 saturated carbocycles. The van der Waals surface area contributed by atoms with Crippen LogP contribution in [0.3, 0.4) is 0 Å². The molecule has 0 bridgehead atoms. The van der Waals surface area contributed by atoms with E-state index in [0.29, 0.717) is 5.69 Å². The predicted molar refractivity (Wildman–Crippen MR) is 131 cm³/mol. The fourth-order valence-electron chi connectivity index (χ4n) is 1.69. The quantitative estimate of drug-likeness (QED) is 0.463. The van der Waals surface area contributed by atoms with Crippen LogP contribution in [0.2, 0.25) is 0 Å². The number of hydrogen-bond acceptors (Lipinski definition) is 7. The molecule has 0 unspecified atom stereocenters. The van der Waals surface area contributed by atoms with Gasteiger partial charge >= 0.3 is 21.7 Å². The SMILES string of the molecule is CC[C@@H](N[S@](=O)C(C)(C)C)c1ccc(NS(C)(=O)=O)cc1.CC[O-].CC[O-].CC[O-].CC[O-].[Ti+4]. The normalized spacial score (nSPS) is 11.7. The third kappa shape index (κ3) is 31.6. The Morgan fingerprint density at radius 2 is 1.18 bits per heavy atom. The van der Waals surface area contributed by atoms with E-state index < -0.39 is 21.0 Å². The smallest absolute Gasteiger partial charge is 0.855 e. The molecule has 1 aromatic rings. The summed E-state index contributed by atoms with van der Waals surface area (Å²) in [5, 5.41) is 35.7. The number of rotatable bonds is 6. The maximum atomic E-state index is 12.2. The first kappa shape index (κ1) is 43.7. The average Bonchev–Trinajstić information content (AvgIpc) is 2.67. The molecule has 0 aliphatic rings. The second kappa shape index (κ2) is 27.2. The maximum absolute atomic E-state index is 12.2. The molecular weight excluding hydrogens is 516 g/mol. The van der Waals surface area contributed by atoms with Gasteiger partial charge in [-0.15, -0.1) is 26.4 Å². The van der Waals surface area contributed by atoms with E-state index in [4.69, 9.17) is 20.4 Å². The Bertz CT molecular complexity index is 661. The summed E-state index contributed by atoms with van der Waals surface area (Å²) in [6.45, 7) is 14.0. The van der Waals surface area contributed by atoms with Crippen molar-refractivity contribution in [2.45, 2.75) is 72.6 Å². The van der Waals surface area contributed by atoms with Crippen molar-refractivity contribution in [1.29, 1.82) is 0 Å². The zero-order chi connectivity index (χ0) is 27.1. The van der Waals surface area contributed by atoms with E-state index in [-0.39, 0.29) is 58.9 Å². The summed E-state index contributed by atoms with van der Waals surface area (Å²) in [7, 11) is -4.42. The molecule has 0 fully saturated rings. The zero-order valence-electron chi connectivity index (χ0n) is 22.1. The molecule has 0 saturated heterocycles. The van der Waals surface area contributed by atoms with Crippen molar-refractivity contribution in [3.63, 3.8) is 0 Å². The van der Waals surface area contributed by atoms with Crippen molar-refractivity contribution < 1.29 is 54.8 Å². The first-order valence-corrected chi connectivity index (χ1v) is 13.8. The van der Waals surface area contributed by atoms with Crippen LogP contribution < -0.4 is 29.9 Å². The van der Waals surface area contributed by atoms with E-state index in [1.54, 1.807) is 39.8 Å². The molecule has 0 heterocycles. The Morgan fingerprint density at radius 3 is 1.41 bits per heavy atom. The Balaban J connectivity index is -0.000000181. The summed E-state index contributed by atoms with van der Waals surface area (Å²) < 4.78 is 39.7. The molecule has 9 nitrogen and oxygen atoms in total. The van der Waals surface area contributed by atoms with Gasteiger partial charge in [0.1, 0.15) is 0 Å². The minimum absolute atomic E-state index is 0. The molecular formula is C22H44N2O7S2Ti. The summed E-state index contributed by atoms with van der Waals surface area (Å²) in [6, 6.07) is 7.07. The number of sulfonamides is 1. The number of benzene rings is 1. The van der Waals surface area contributed by atoms with E-state index in [1.165, 1.54) is 0 Å². The Hall–Kier alpha value is -0.366. The molecule has 1 rings (SSSR count). The van der Waals surface area contributed by atoms with Crippen molar-refractivity contribution in [3.8, 4) is 0 Å². The summed E-state index contributed by atoms with van der Waals surface area (Å²) in [5.41, 5.74) is 1.50. The minimum atomic E-state index is -3.27. The Labute approximate surface area is 225 Å². The van der Waals surface area contributed by atoms with Crippen molar-refractivity contribution >= 4 is 26.7 Å². The van der Waals surface area contributed by atoms with Crippen molar-refractivity contribution in [2.24, 2.45) is 0 Å². The third-order valence-corrected chi connectivity index (χ3v) is 5.05. The van der Waals surface area contributed by atoms with Gasteiger partial charge in [0.25, 0.3) is 0 Å². The molecule has 0 aromatic heterocycles. The van der Waals surface area contributed by atoms with E-state index in [9.17, 15) is 12.6 Å². The molecule has 0 spiro atoms. The summed E-state index contributed by atoms with van der Waals surface area (Å²) in [6.07, 6.45) is 1.91. The first-order chi connectivity index (χ1) is 15.2. The zero-order valence-corrected chi connectivity index (χ0v) is 25.3. The van der Waals surface area contributed by atoms with Crippen LogP contribution in [0.25, 0.3) is 0 Å². The molecule has 200 valence electrons. The van der Waals surface area contributed by atoms with Gasteiger partial charge in [-0.25, -0.2) is 17.3 Å². The van der Waals surface area contributed by atoms with Crippen molar-refractivity contribution in [1.82, 2.24) is 4.72 Å². The molecule has 0 radical (unpaired) electrons. The second-order valence-corrected chi connectivity index (χ2v) is 10.9. The van der Waals surface area contributed by atoms with Crippen LogP contribution in [-0.2, 0) is 42.7 Å². The number of hydrogen-bond donors (Lipinski definition) is 2. The monoisotopic (exact) mass is 560 g/mol. The van der Waals surface area contributed by atoms with Crippen molar-refractivity contribution in [3.05, 3.63) is 29.8 Å².